The molecule has 0 aliphatic carbocycles. The van der Waals surface area contributed by atoms with Crippen molar-refractivity contribution in [2.75, 3.05) is 36.9 Å². The summed E-state index contributed by atoms with van der Waals surface area (Å²) < 4.78 is 5.45. The summed E-state index contributed by atoms with van der Waals surface area (Å²) in [7, 11) is 0. The molecule has 0 saturated heterocycles. The molecule has 1 aliphatic heterocycles. The molecular formula is C14H21N5O2. The fraction of sp³-hybridized carbons (Fsp3) is 0.500. The van der Waals surface area contributed by atoms with E-state index in [1.807, 2.05) is 6.92 Å². The Morgan fingerprint density at radius 3 is 3.14 bits per heavy atom. The zero-order valence-electron chi connectivity index (χ0n) is 12.2. The molecule has 0 fully saturated rings. The molecule has 1 aromatic rings. The predicted octanol–water partition coefficient (Wildman–Crippen LogP) is 1.60. The number of nitrogens with zero attached hydrogens (tertiary/aromatic N) is 1. The van der Waals surface area contributed by atoms with Gasteiger partial charge in [0, 0.05) is 31.5 Å². The highest BCUT2D eigenvalue weighted by Gasteiger charge is 2.13. The summed E-state index contributed by atoms with van der Waals surface area (Å²) in [6.45, 7) is 4.34. The number of hydrogen-bond donors (Lipinski definition) is 4. The van der Waals surface area contributed by atoms with E-state index in [9.17, 15) is 4.79 Å². The Balaban J connectivity index is 2.35. The SMILES string of the molecule is CCNc1c(C=N)cc2nc1CCCOCCNC(=O)N2. The van der Waals surface area contributed by atoms with Crippen LogP contribution in [0.15, 0.2) is 6.07 Å². The number of anilines is 2. The molecule has 114 valence electrons. The van der Waals surface area contributed by atoms with Crippen LogP contribution in [0.5, 0.6) is 0 Å². The maximum atomic E-state index is 11.7. The van der Waals surface area contributed by atoms with Gasteiger partial charge in [-0.25, -0.2) is 9.78 Å². The molecule has 2 amide bonds. The Labute approximate surface area is 124 Å². The second-order valence-corrected chi connectivity index (χ2v) is 4.69. The average Bonchev–Trinajstić information content (AvgIpc) is 2.47. The van der Waals surface area contributed by atoms with E-state index in [-0.39, 0.29) is 6.03 Å². The van der Waals surface area contributed by atoms with Gasteiger partial charge in [-0.15, -0.1) is 0 Å². The first-order valence-electron chi connectivity index (χ1n) is 7.15. The summed E-state index contributed by atoms with van der Waals surface area (Å²) in [5, 5.41) is 16.2. The third-order valence-electron chi connectivity index (χ3n) is 3.11. The highest BCUT2D eigenvalue weighted by atomic mass is 16.5. The van der Waals surface area contributed by atoms with Crippen LogP contribution in [0, 0.1) is 5.41 Å². The average molecular weight is 291 g/mol. The van der Waals surface area contributed by atoms with Crippen LogP contribution in [-0.4, -0.2) is 43.5 Å². The summed E-state index contributed by atoms with van der Waals surface area (Å²) in [6, 6.07) is 1.39. The highest BCUT2D eigenvalue weighted by Crippen LogP contribution is 2.23. The van der Waals surface area contributed by atoms with E-state index in [1.165, 1.54) is 6.21 Å². The number of nitrogens with one attached hydrogen (secondary N) is 4. The van der Waals surface area contributed by atoms with Crippen LogP contribution in [0.1, 0.15) is 24.6 Å². The van der Waals surface area contributed by atoms with Gasteiger partial charge < -0.3 is 20.8 Å². The third-order valence-corrected chi connectivity index (χ3v) is 3.11. The van der Waals surface area contributed by atoms with Crippen LogP contribution in [0.25, 0.3) is 0 Å². The predicted molar refractivity (Wildman–Crippen MR) is 82.4 cm³/mol. The van der Waals surface area contributed by atoms with Crippen LogP contribution in [0.4, 0.5) is 16.3 Å². The fourth-order valence-electron chi connectivity index (χ4n) is 2.20. The number of amides is 2. The lowest BCUT2D eigenvalue weighted by molar-refractivity contribution is 0.134. The van der Waals surface area contributed by atoms with E-state index in [0.717, 1.165) is 36.3 Å². The topological polar surface area (TPSA) is 99.1 Å². The Morgan fingerprint density at radius 2 is 2.38 bits per heavy atom. The number of rotatable bonds is 3. The second kappa shape index (κ2) is 7.58. The third kappa shape index (κ3) is 4.16. The maximum Gasteiger partial charge on any atom is 0.320 e. The Hall–Kier alpha value is -2.15. The zero-order valence-corrected chi connectivity index (χ0v) is 12.2. The normalized spacial score (nSPS) is 16.0. The minimum absolute atomic E-state index is 0.315. The monoisotopic (exact) mass is 291 g/mol. The van der Waals surface area contributed by atoms with Crippen molar-refractivity contribution in [2.24, 2.45) is 0 Å². The molecule has 7 nitrogen and oxygen atoms in total. The van der Waals surface area contributed by atoms with Crippen LogP contribution in [0.3, 0.4) is 0 Å². The molecule has 21 heavy (non-hydrogen) atoms. The van der Waals surface area contributed by atoms with Crippen LogP contribution < -0.4 is 16.0 Å². The summed E-state index contributed by atoms with van der Waals surface area (Å²) in [5.41, 5.74) is 2.42. The number of aromatic nitrogens is 1. The van der Waals surface area contributed by atoms with Crippen LogP contribution >= 0.6 is 0 Å². The minimum atomic E-state index is -0.315. The van der Waals surface area contributed by atoms with E-state index < -0.39 is 0 Å². The molecule has 0 spiro atoms. The van der Waals surface area contributed by atoms with Gasteiger partial charge in [-0.3, -0.25) is 5.32 Å². The van der Waals surface area contributed by atoms with E-state index in [0.29, 0.717) is 25.6 Å². The number of hydrogen-bond acceptors (Lipinski definition) is 5. The summed E-state index contributed by atoms with van der Waals surface area (Å²) in [6.07, 6.45) is 2.86. The standard InChI is InChI=1S/C14H21N5O2/c1-2-16-13-10(9-15)8-12-18-11(13)4-3-6-21-7-5-17-14(20)19-12/h8-9,15-16H,2-7H2,1H3,(H2,17,18,19,20). The molecule has 0 radical (unpaired) electrons. The van der Waals surface area contributed by atoms with Crippen molar-refractivity contribution in [3.63, 3.8) is 0 Å². The molecule has 1 aromatic heterocycles. The molecule has 2 rings (SSSR count). The molecule has 0 unspecified atom stereocenters. The van der Waals surface area contributed by atoms with E-state index in [1.54, 1.807) is 6.07 Å². The van der Waals surface area contributed by atoms with Crippen molar-refractivity contribution in [1.29, 1.82) is 5.41 Å². The van der Waals surface area contributed by atoms with Crippen molar-refractivity contribution in [3.05, 3.63) is 17.3 Å². The lowest BCUT2D eigenvalue weighted by Gasteiger charge is -2.17. The molecular weight excluding hydrogens is 270 g/mol. The van der Waals surface area contributed by atoms with Gasteiger partial charge in [-0.05, 0) is 25.8 Å². The van der Waals surface area contributed by atoms with Gasteiger partial charge in [0.05, 0.1) is 18.0 Å². The molecule has 4 N–H and O–H groups in total. The number of aryl methyl sites for hydroxylation is 1. The summed E-state index contributed by atoms with van der Waals surface area (Å²) in [4.78, 5) is 16.2. The van der Waals surface area contributed by atoms with Crippen molar-refractivity contribution in [1.82, 2.24) is 10.3 Å². The number of carbonyl (C=O) groups is 1. The molecule has 2 heterocycles. The van der Waals surface area contributed by atoms with Crippen molar-refractivity contribution in [3.8, 4) is 0 Å². The molecule has 0 aromatic carbocycles. The fourth-order valence-corrected chi connectivity index (χ4v) is 2.20. The number of carbonyl (C=O) groups excluding carboxylic acids is 1. The van der Waals surface area contributed by atoms with Crippen molar-refractivity contribution in [2.45, 2.75) is 19.8 Å². The van der Waals surface area contributed by atoms with Crippen molar-refractivity contribution < 1.29 is 9.53 Å². The molecule has 2 bridgehead atoms. The van der Waals surface area contributed by atoms with Crippen LogP contribution in [0.2, 0.25) is 0 Å². The largest absolute Gasteiger partial charge is 0.383 e. The number of ether oxygens (including phenoxy) is 1. The first-order valence-corrected chi connectivity index (χ1v) is 7.15. The molecule has 0 atom stereocenters. The molecule has 0 saturated carbocycles. The van der Waals surface area contributed by atoms with Gasteiger partial charge in [0.2, 0.25) is 0 Å². The van der Waals surface area contributed by atoms with Gasteiger partial charge in [0.15, 0.2) is 0 Å². The Bertz CT molecular complexity index is 518. The molecule has 1 aliphatic rings. The van der Waals surface area contributed by atoms with E-state index in [2.05, 4.69) is 20.9 Å². The van der Waals surface area contributed by atoms with E-state index in [4.69, 9.17) is 10.1 Å². The molecule has 7 heteroatoms. The summed E-state index contributed by atoms with van der Waals surface area (Å²) >= 11 is 0. The highest BCUT2D eigenvalue weighted by molar-refractivity contribution is 5.92. The van der Waals surface area contributed by atoms with Gasteiger partial charge in [-0.2, -0.15) is 0 Å². The first-order chi connectivity index (χ1) is 10.2. The Kier molecular flexibility index (Phi) is 5.51. The van der Waals surface area contributed by atoms with E-state index >= 15 is 0 Å². The lowest BCUT2D eigenvalue weighted by atomic mass is 10.1. The van der Waals surface area contributed by atoms with Crippen LogP contribution in [-0.2, 0) is 11.2 Å². The maximum absolute atomic E-state index is 11.7. The first kappa shape index (κ1) is 15.2. The quantitative estimate of drug-likeness (QED) is 0.636. The van der Waals surface area contributed by atoms with Gasteiger partial charge in [0.1, 0.15) is 5.82 Å². The number of fused-ring (bicyclic) bond motifs is 2. The zero-order chi connectivity index (χ0) is 15.1. The van der Waals surface area contributed by atoms with Gasteiger partial charge >= 0.3 is 6.03 Å². The van der Waals surface area contributed by atoms with Crippen molar-refractivity contribution >= 4 is 23.8 Å². The minimum Gasteiger partial charge on any atom is -0.383 e. The lowest BCUT2D eigenvalue weighted by Crippen LogP contribution is -2.32. The number of pyridine rings is 1. The smallest absolute Gasteiger partial charge is 0.320 e. The Morgan fingerprint density at radius 1 is 1.52 bits per heavy atom. The number of urea groups is 1. The van der Waals surface area contributed by atoms with Gasteiger partial charge in [-0.1, -0.05) is 0 Å². The summed E-state index contributed by atoms with van der Waals surface area (Å²) in [5.74, 6) is 0.462. The van der Waals surface area contributed by atoms with Gasteiger partial charge in [0.25, 0.3) is 0 Å². The second-order valence-electron chi connectivity index (χ2n) is 4.69.